The van der Waals surface area contributed by atoms with Crippen LogP contribution in [0.4, 0.5) is 0 Å². The molecule has 52 heavy (non-hydrogen) atoms. The number of fused-ring (bicyclic) bond motifs is 2. The van der Waals surface area contributed by atoms with E-state index >= 15 is 0 Å². The number of hydrogen-bond donors (Lipinski definition) is 0. The molecule has 256 valence electrons. The smallest absolute Gasteiger partial charge is 0.258 e. The van der Waals surface area contributed by atoms with Crippen LogP contribution in [0.15, 0.2) is 165 Å². The fourth-order valence-corrected chi connectivity index (χ4v) is 6.66. The summed E-state index contributed by atoms with van der Waals surface area (Å²) >= 11 is 0. The summed E-state index contributed by atoms with van der Waals surface area (Å²) < 4.78 is 6.41. The first-order valence-electron chi connectivity index (χ1n) is 16.8. The number of benzene rings is 4. The molecule has 8 heteroatoms. The van der Waals surface area contributed by atoms with Crippen LogP contribution in [0.1, 0.15) is 0 Å². The summed E-state index contributed by atoms with van der Waals surface area (Å²) in [7, 11) is 6.96. The van der Waals surface area contributed by atoms with E-state index in [1.54, 1.807) is 46.5 Å². The first kappa shape index (κ1) is 33.7. The molecule has 0 radical (unpaired) electrons. The monoisotopic (exact) mass is 684 g/mol. The predicted molar refractivity (Wildman–Crippen MR) is 211 cm³/mol. The third kappa shape index (κ3) is 6.00. The number of hydrogen-bond acceptors (Lipinski definition) is 4. The topological polar surface area (TPSA) is 88.0 Å². The molecular weight excluding hydrogens is 649 g/mol. The number of aromatic nitrogens is 4. The molecule has 0 N–H and O–H groups in total. The third-order valence-corrected chi connectivity index (χ3v) is 9.57. The van der Waals surface area contributed by atoms with Gasteiger partial charge >= 0.3 is 0 Å². The van der Waals surface area contributed by atoms with Crippen molar-refractivity contribution < 1.29 is 0 Å². The van der Waals surface area contributed by atoms with Crippen molar-refractivity contribution in [2.24, 2.45) is 28.2 Å². The van der Waals surface area contributed by atoms with Gasteiger partial charge < -0.3 is 18.3 Å². The van der Waals surface area contributed by atoms with E-state index in [1.165, 1.54) is 0 Å². The summed E-state index contributed by atoms with van der Waals surface area (Å²) in [5, 5.41) is 1.76. The van der Waals surface area contributed by atoms with E-state index in [2.05, 4.69) is 0 Å². The lowest BCUT2D eigenvalue weighted by Crippen LogP contribution is -2.25. The first-order chi connectivity index (χ1) is 25.2. The highest BCUT2D eigenvalue weighted by Gasteiger charge is 2.16. The SMILES string of the molecule is Cn1c(-c2ccccc2)cc2c(=O)n(C)c(-c3ccccc3)cc2c1=O.Cn1c(-c2ccccc2)cc2c(=O)n(C)c(-c3ccccc3)cc2c1=O. The zero-order valence-corrected chi connectivity index (χ0v) is 29.3. The first-order valence-corrected chi connectivity index (χ1v) is 16.8. The summed E-state index contributed by atoms with van der Waals surface area (Å²) in [5.41, 5.74) is 5.86. The van der Waals surface area contributed by atoms with Crippen LogP contribution < -0.4 is 22.2 Å². The van der Waals surface area contributed by atoms with Crippen LogP contribution in [-0.2, 0) is 28.2 Å². The molecule has 8 nitrogen and oxygen atoms in total. The zero-order valence-electron chi connectivity index (χ0n) is 29.3. The van der Waals surface area contributed by atoms with Crippen molar-refractivity contribution in [1.82, 2.24) is 18.3 Å². The van der Waals surface area contributed by atoms with Crippen LogP contribution in [0.25, 0.3) is 66.6 Å². The molecule has 0 aliphatic carbocycles. The van der Waals surface area contributed by atoms with Crippen molar-refractivity contribution in [3.63, 3.8) is 0 Å². The fourth-order valence-electron chi connectivity index (χ4n) is 6.66. The largest absolute Gasteiger partial charge is 0.311 e. The van der Waals surface area contributed by atoms with Gasteiger partial charge in [0, 0.05) is 28.2 Å². The lowest BCUT2D eigenvalue weighted by molar-refractivity contribution is 0.864. The summed E-state index contributed by atoms with van der Waals surface area (Å²) in [6.07, 6.45) is 0. The van der Waals surface area contributed by atoms with Gasteiger partial charge in [-0.15, -0.1) is 0 Å². The van der Waals surface area contributed by atoms with Crippen molar-refractivity contribution in [3.05, 3.63) is 187 Å². The van der Waals surface area contributed by atoms with Crippen LogP contribution in [0.3, 0.4) is 0 Å². The van der Waals surface area contributed by atoms with Crippen LogP contribution >= 0.6 is 0 Å². The minimum atomic E-state index is -0.170. The predicted octanol–water partition coefficient (Wildman–Crippen LogP) is 7.14. The van der Waals surface area contributed by atoms with Crippen molar-refractivity contribution in [3.8, 4) is 45.0 Å². The molecule has 0 atom stereocenters. The molecule has 0 bridgehead atoms. The lowest BCUT2D eigenvalue weighted by atomic mass is 10.0. The molecule has 4 aromatic heterocycles. The van der Waals surface area contributed by atoms with Gasteiger partial charge in [0.05, 0.1) is 44.3 Å². The molecule has 0 fully saturated rings. The van der Waals surface area contributed by atoms with Gasteiger partial charge in [-0.25, -0.2) is 0 Å². The molecule has 8 rings (SSSR count). The van der Waals surface area contributed by atoms with E-state index in [9.17, 15) is 19.2 Å². The van der Waals surface area contributed by atoms with Crippen molar-refractivity contribution in [2.45, 2.75) is 0 Å². The Hall–Kier alpha value is -6.80. The molecule has 0 spiro atoms. The normalized spacial score (nSPS) is 11.0. The Morgan fingerprint density at radius 3 is 0.635 bits per heavy atom. The van der Waals surface area contributed by atoms with E-state index in [1.807, 2.05) is 146 Å². The summed E-state index contributed by atoms with van der Waals surface area (Å²) in [6, 6.07) is 45.7. The molecule has 4 heterocycles. The quantitative estimate of drug-likeness (QED) is 0.197. The van der Waals surface area contributed by atoms with E-state index in [4.69, 9.17) is 0 Å². The van der Waals surface area contributed by atoms with Crippen molar-refractivity contribution in [1.29, 1.82) is 0 Å². The van der Waals surface area contributed by atoms with Gasteiger partial charge in [0.1, 0.15) is 0 Å². The van der Waals surface area contributed by atoms with Crippen LogP contribution in [0.5, 0.6) is 0 Å². The standard InChI is InChI=1S/2C22H18N2O2/c2*1-23-19(15-9-5-3-6-10-15)13-18-17(21(23)25)14-20(24(2)22(18)26)16-11-7-4-8-12-16/h2*3-14H,1-2H3. The maximum absolute atomic E-state index is 13.0. The molecule has 0 aliphatic heterocycles. The number of nitrogens with zero attached hydrogens (tertiary/aromatic N) is 4. The Morgan fingerprint density at radius 1 is 0.288 bits per heavy atom. The van der Waals surface area contributed by atoms with E-state index in [-0.39, 0.29) is 22.2 Å². The molecule has 4 aromatic carbocycles. The Balaban J connectivity index is 0.000000162. The average molecular weight is 685 g/mol. The van der Waals surface area contributed by atoms with Gasteiger partial charge in [-0.1, -0.05) is 121 Å². The average Bonchev–Trinajstić information content (AvgIpc) is 3.19. The minimum Gasteiger partial charge on any atom is -0.311 e. The summed E-state index contributed by atoms with van der Waals surface area (Å²) in [4.78, 5) is 51.9. The molecule has 0 saturated heterocycles. The second-order valence-electron chi connectivity index (χ2n) is 12.7. The minimum absolute atomic E-state index is 0.170. The molecular formula is C44H36N4O4. The van der Waals surface area contributed by atoms with E-state index < -0.39 is 0 Å². The van der Waals surface area contributed by atoms with Crippen LogP contribution in [0.2, 0.25) is 0 Å². The third-order valence-electron chi connectivity index (χ3n) is 9.57. The molecule has 0 unspecified atom stereocenters. The van der Waals surface area contributed by atoms with E-state index in [0.29, 0.717) is 21.5 Å². The fraction of sp³-hybridized carbons (Fsp3) is 0.0909. The maximum atomic E-state index is 13.0. The van der Waals surface area contributed by atoms with Gasteiger partial charge in [-0.05, 0) is 46.5 Å². The van der Waals surface area contributed by atoms with Gasteiger partial charge in [0.15, 0.2) is 0 Å². The highest BCUT2D eigenvalue weighted by atomic mass is 16.1. The van der Waals surface area contributed by atoms with Gasteiger partial charge in [-0.3, -0.25) is 19.2 Å². The Morgan fingerprint density at radius 2 is 0.462 bits per heavy atom. The van der Waals surface area contributed by atoms with Crippen molar-refractivity contribution in [2.75, 3.05) is 0 Å². The van der Waals surface area contributed by atoms with Gasteiger partial charge in [0.25, 0.3) is 22.2 Å². The van der Waals surface area contributed by atoms with Crippen LogP contribution in [0, 0.1) is 0 Å². The molecule has 8 aromatic rings. The van der Waals surface area contributed by atoms with Gasteiger partial charge in [-0.2, -0.15) is 0 Å². The highest BCUT2D eigenvalue weighted by molar-refractivity contribution is 5.89. The summed E-state index contributed by atoms with van der Waals surface area (Å²) in [6.45, 7) is 0. The number of rotatable bonds is 4. The lowest BCUT2D eigenvalue weighted by Gasteiger charge is -2.14. The zero-order chi connectivity index (χ0) is 36.5. The Labute approximate surface area is 299 Å². The maximum Gasteiger partial charge on any atom is 0.258 e. The number of pyridine rings is 4. The molecule has 0 amide bonds. The summed E-state index contributed by atoms with van der Waals surface area (Å²) in [5.74, 6) is 0. The molecule has 0 saturated carbocycles. The van der Waals surface area contributed by atoms with Gasteiger partial charge in [0.2, 0.25) is 0 Å². The second-order valence-corrected chi connectivity index (χ2v) is 12.7. The molecule has 0 aliphatic rings. The second kappa shape index (κ2) is 13.8. The Bertz CT molecular complexity index is 2440. The Kier molecular flexibility index (Phi) is 8.97. The van der Waals surface area contributed by atoms with Crippen molar-refractivity contribution >= 4 is 21.5 Å². The van der Waals surface area contributed by atoms with Crippen LogP contribution in [-0.4, -0.2) is 18.3 Å². The highest BCUT2D eigenvalue weighted by Crippen LogP contribution is 2.25. The van der Waals surface area contributed by atoms with E-state index in [0.717, 1.165) is 45.0 Å².